The number of rotatable bonds is 4. The second-order valence-electron chi connectivity index (χ2n) is 6.47. The number of hydrogen-bond acceptors (Lipinski definition) is 3. The lowest BCUT2D eigenvalue weighted by molar-refractivity contribution is 0.0963. The minimum atomic E-state index is -0.213. The smallest absolute Gasteiger partial charge is 0.409 e. The molecule has 2 rings (SSSR count). The molecule has 0 unspecified atom stereocenters. The molecule has 0 atom stereocenters. The molecule has 0 bridgehead atoms. The summed E-state index contributed by atoms with van der Waals surface area (Å²) < 4.78 is 5.01. The highest BCUT2D eigenvalue weighted by molar-refractivity contribution is 5.78. The van der Waals surface area contributed by atoms with E-state index in [2.05, 4.69) is 17.2 Å². The SMILES string of the molecule is CCOC(=O)N1CCC(NC(N)=NCC2(C)CCC2)CC1. The van der Waals surface area contributed by atoms with Gasteiger partial charge in [-0.2, -0.15) is 0 Å². The lowest BCUT2D eigenvalue weighted by Crippen LogP contribution is -2.48. The molecular weight excluding hydrogens is 268 g/mol. The first-order chi connectivity index (χ1) is 10.0. The number of piperidine rings is 1. The fourth-order valence-corrected chi connectivity index (χ4v) is 2.89. The molecule has 6 nitrogen and oxygen atoms in total. The highest BCUT2D eigenvalue weighted by Gasteiger charge is 2.31. The molecule has 1 aliphatic carbocycles. The average Bonchev–Trinajstić information content (AvgIpc) is 2.44. The molecule has 1 saturated carbocycles. The quantitative estimate of drug-likeness (QED) is 0.611. The molecule has 1 aliphatic heterocycles. The lowest BCUT2D eigenvalue weighted by atomic mass is 9.71. The van der Waals surface area contributed by atoms with Crippen molar-refractivity contribution in [2.75, 3.05) is 26.2 Å². The van der Waals surface area contributed by atoms with Crippen molar-refractivity contribution >= 4 is 12.1 Å². The van der Waals surface area contributed by atoms with Crippen LogP contribution in [0.15, 0.2) is 4.99 Å². The van der Waals surface area contributed by atoms with Gasteiger partial charge in [-0.05, 0) is 38.0 Å². The zero-order chi connectivity index (χ0) is 15.3. The van der Waals surface area contributed by atoms with E-state index in [1.807, 2.05) is 6.92 Å². The van der Waals surface area contributed by atoms with Gasteiger partial charge in [-0.25, -0.2) is 4.79 Å². The van der Waals surface area contributed by atoms with E-state index < -0.39 is 0 Å². The predicted molar refractivity (Wildman–Crippen MR) is 83.2 cm³/mol. The Hall–Kier alpha value is -1.46. The third kappa shape index (κ3) is 4.51. The van der Waals surface area contributed by atoms with Crippen molar-refractivity contribution in [3.63, 3.8) is 0 Å². The standard InChI is InChI=1S/C15H28N4O2/c1-3-21-14(20)19-9-5-12(6-10-19)18-13(16)17-11-15(2)7-4-8-15/h12H,3-11H2,1-2H3,(H3,16,17,18). The fraction of sp³-hybridized carbons (Fsp3) is 0.867. The maximum atomic E-state index is 11.6. The van der Waals surface area contributed by atoms with E-state index in [9.17, 15) is 4.79 Å². The summed E-state index contributed by atoms with van der Waals surface area (Å²) in [6, 6.07) is 0.300. The molecule has 2 fully saturated rings. The first-order valence-electron chi connectivity index (χ1n) is 8.00. The Balaban J connectivity index is 1.70. The molecule has 0 aromatic carbocycles. The topological polar surface area (TPSA) is 80.0 Å². The molecule has 0 aromatic heterocycles. The van der Waals surface area contributed by atoms with Crippen molar-refractivity contribution in [3.05, 3.63) is 0 Å². The van der Waals surface area contributed by atoms with Crippen LogP contribution in [0.25, 0.3) is 0 Å². The van der Waals surface area contributed by atoms with Crippen LogP contribution in [0.4, 0.5) is 4.79 Å². The summed E-state index contributed by atoms with van der Waals surface area (Å²) in [4.78, 5) is 17.8. The molecule has 120 valence electrons. The average molecular weight is 296 g/mol. The summed E-state index contributed by atoms with van der Waals surface area (Å²) in [5.41, 5.74) is 6.33. The molecule has 2 aliphatic rings. The summed E-state index contributed by atoms with van der Waals surface area (Å²) in [7, 11) is 0. The van der Waals surface area contributed by atoms with E-state index in [0.717, 1.165) is 19.4 Å². The number of guanidine groups is 1. The Labute approximate surface area is 127 Å². The number of nitrogens with two attached hydrogens (primary N) is 1. The number of nitrogens with zero attached hydrogens (tertiary/aromatic N) is 2. The van der Waals surface area contributed by atoms with Gasteiger partial charge in [0.1, 0.15) is 0 Å². The number of carbonyl (C=O) groups excluding carboxylic acids is 1. The van der Waals surface area contributed by atoms with Crippen LogP contribution in [-0.4, -0.2) is 49.2 Å². The van der Waals surface area contributed by atoms with Gasteiger partial charge in [0.05, 0.1) is 6.61 Å². The molecule has 0 radical (unpaired) electrons. The molecule has 0 aromatic rings. The highest BCUT2D eigenvalue weighted by Crippen LogP contribution is 2.40. The summed E-state index contributed by atoms with van der Waals surface area (Å²) in [5.74, 6) is 0.540. The lowest BCUT2D eigenvalue weighted by Gasteiger charge is -2.37. The zero-order valence-corrected chi connectivity index (χ0v) is 13.2. The van der Waals surface area contributed by atoms with Crippen LogP contribution in [0, 0.1) is 5.41 Å². The third-order valence-electron chi connectivity index (χ3n) is 4.56. The number of hydrogen-bond donors (Lipinski definition) is 2. The molecule has 3 N–H and O–H groups in total. The van der Waals surface area contributed by atoms with Crippen LogP contribution < -0.4 is 11.1 Å². The van der Waals surface area contributed by atoms with Gasteiger partial charge >= 0.3 is 6.09 Å². The van der Waals surface area contributed by atoms with Crippen molar-refractivity contribution in [3.8, 4) is 0 Å². The Morgan fingerprint density at radius 1 is 1.43 bits per heavy atom. The number of ether oxygens (including phenoxy) is 1. The van der Waals surface area contributed by atoms with E-state index in [1.54, 1.807) is 4.90 Å². The normalized spacial score (nSPS) is 22.6. The van der Waals surface area contributed by atoms with Gasteiger partial charge in [0, 0.05) is 25.7 Å². The maximum absolute atomic E-state index is 11.6. The van der Waals surface area contributed by atoms with Gasteiger partial charge < -0.3 is 20.7 Å². The van der Waals surface area contributed by atoms with Crippen LogP contribution >= 0.6 is 0 Å². The summed E-state index contributed by atoms with van der Waals surface area (Å²) >= 11 is 0. The van der Waals surface area contributed by atoms with Crippen LogP contribution in [-0.2, 0) is 4.74 Å². The highest BCUT2D eigenvalue weighted by atomic mass is 16.6. The van der Waals surface area contributed by atoms with Crippen LogP contribution in [0.3, 0.4) is 0 Å². The first kappa shape index (κ1) is 15.9. The van der Waals surface area contributed by atoms with Crippen molar-refractivity contribution < 1.29 is 9.53 Å². The van der Waals surface area contributed by atoms with Crippen molar-refractivity contribution in [1.82, 2.24) is 10.2 Å². The first-order valence-corrected chi connectivity index (χ1v) is 8.00. The van der Waals surface area contributed by atoms with E-state index in [1.165, 1.54) is 19.3 Å². The monoisotopic (exact) mass is 296 g/mol. The summed E-state index contributed by atoms with van der Waals surface area (Å²) in [6.45, 7) is 6.75. The van der Waals surface area contributed by atoms with Gasteiger partial charge in [-0.1, -0.05) is 13.3 Å². The van der Waals surface area contributed by atoms with Gasteiger partial charge in [0.15, 0.2) is 5.96 Å². The maximum Gasteiger partial charge on any atom is 0.409 e. The van der Waals surface area contributed by atoms with E-state index >= 15 is 0 Å². The Morgan fingerprint density at radius 3 is 2.62 bits per heavy atom. The number of likely N-dealkylation sites (tertiary alicyclic amines) is 1. The minimum absolute atomic E-state index is 0.213. The molecule has 1 amide bonds. The predicted octanol–water partition coefficient (Wildman–Crippen LogP) is 1.70. The number of amides is 1. The van der Waals surface area contributed by atoms with Gasteiger partial charge in [-0.3, -0.25) is 4.99 Å². The fourth-order valence-electron chi connectivity index (χ4n) is 2.89. The number of aliphatic imine (C=N–C) groups is 1. The van der Waals surface area contributed by atoms with Gasteiger partial charge in [0.2, 0.25) is 0 Å². The number of nitrogens with one attached hydrogen (secondary N) is 1. The second kappa shape index (κ2) is 7.00. The second-order valence-corrected chi connectivity index (χ2v) is 6.47. The summed E-state index contributed by atoms with van der Waals surface area (Å²) in [5, 5.41) is 3.28. The van der Waals surface area contributed by atoms with Crippen LogP contribution in [0.1, 0.15) is 46.0 Å². The third-order valence-corrected chi connectivity index (χ3v) is 4.56. The molecular formula is C15H28N4O2. The van der Waals surface area contributed by atoms with E-state index in [-0.39, 0.29) is 6.09 Å². The van der Waals surface area contributed by atoms with E-state index in [0.29, 0.717) is 37.1 Å². The Kier molecular flexibility index (Phi) is 5.31. The van der Waals surface area contributed by atoms with Crippen LogP contribution in [0.2, 0.25) is 0 Å². The Morgan fingerprint density at radius 2 is 2.10 bits per heavy atom. The van der Waals surface area contributed by atoms with Crippen molar-refractivity contribution in [2.45, 2.75) is 52.0 Å². The Bertz CT molecular complexity index is 385. The largest absolute Gasteiger partial charge is 0.450 e. The summed E-state index contributed by atoms with van der Waals surface area (Å²) in [6.07, 6.45) is 5.36. The van der Waals surface area contributed by atoms with Gasteiger partial charge in [0.25, 0.3) is 0 Å². The van der Waals surface area contributed by atoms with Crippen molar-refractivity contribution in [1.29, 1.82) is 0 Å². The van der Waals surface area contributed by atoms with Crippen LogP contribution in [0.5, 0.6) is 0 Å². The number of carbonyl (C=O) groups is 1. The molecule has 1 saturated heterocycles. The van der Waals surface area contributed by atoms with Gasteiger partial charge in [-0.15, -0.1) is 0 Å². The molecule has 21 heavy (non-hydrogen) atoms. The zero-order valence-electron chi connectivity index (χ0n) is 13.2. The molecule has 0 spiro atoms. The molecule has 6 heteroatoms. The van der Waals surface area contributed by atoms with Crippen molar-refractivity contribution in [2.24, 2.45) is 16.1 Å². The van der Waals surface area contributed by atoms with E-state index in [4.69, 9.17) is 10.5 Å². The molecule has 1 heterocycles. The minimum Gasteiger partial charge on any atom is -0.450 e.